The standard InChI is InChI=1S/C10H22N.C4F10NO4S2/c1-3-4-5-8-11(2)9-6-7-10-11;5-1(6,7)3(11,12)20(16,17)15-21(18,19)4(13,14)2(8,9)10/h3-10H2,1-2H3;/q+1;-1. The van der Waals surface area contributed by atoms with E-state index in [-0.39, 0.29) is 0 Å². The third kappa shape index (κ3) is 7.31. The van der Waals surface area contributed by atoms with Crippen LogP contribution < -0.4 is 0 Å². The molecular formula is C14H22F10N2O4S2. The van der Waals surface area contributed by atoms with Crippen LogP contribution in [0.5, 0.6) is 0 Å². The fourth-order valence-corrected chi connectivity index (χ4v) is 4.95. The van der Waals surface area contributed by atoms with Gasteiger partial charge in [0.05, 0.1) is 26.7 Å². The lowest BCUT2D eigenvalue weighted by molar-refractivity contribution is -0.897. The molecule has 0 atom stereocenters. The van der Waals surface area contributed by atoms with Crippen molar-refractivity contribution in [2.75, 3.05) is 26.7 Å². The lowest BCUT2D eigenvalue weighted by atomic mass is 10.2. The monoisotopic (exact) mass is 536 g/mol. The van der Waals surface area contributed by atoms with Crippen molar-refractivity contribution in [3.05, 3.63) is 4.13 Å². The van der Waals surface area contributed by atoms with Gasteiger partial charge in [0.2, 0.25) is 0 Å². The highest BCUT2D eigenvalue weighted by Gasteiger charge is 2.68. The fraction of sp³-hybridized carbons (Fsp3) is 1.00. The Balaban J connectivity index is 0.000000726. The first-order valence-corrected chi connectivity index (χ1v) is 11.8. The van der Waals surface area contributed by atoms with Crippen molar-refractivity contribution in [1.82, 2.24) is 0 Å². The third-order valence-corrected chi connectivity index (χ3v) is 7.78. The molecule has 1 rings (SSSR count). The molecule has 0 saturated carbocycles. The normalized spacial score (nSPS) is 18.2. The van der Waals surface area contributed by atoms with Gasteiger partial charge in [-0.05, 0) is 12.8 Å². The number of rotatable bonds is 8. The van der Waals surface area contributed by atoms with Crippen molar-refractivity contribution < 1.29 is 65.2 Å². The van der Waals surface area contributed by atoms with Crippen molar-refractivity contribution in [1.29, 1.82) is 0 Å². The van der Waals surface area contributed by atoms with Crippen molar-refractivity contribution >= 4 is 20.0 Å². The molecule has 1 saturated heterocycles. The van der Waals surface area contributed by atoms with Crippen molar-refractivity contribution in [3.8, 4) is 0 Å². The first-order valence-electron chi connectivity index (χ1n) is 8.93. The van der Waals surface area contributed by atoms with E-state index in [2.05, 4.69) is 14.0 Å². The second-order valence-electron chi connectivity index (χ2n) is 7.26. The summed E-state index contributed by atoms with van der Waals surface area (Å²) in [5.74, 6) is 0. The predicted octanol–water partition coefficient (Wildman–Crippen LogP) is 4.75. The molecule has 194 valence electrons. The van der Waals surface area contributed by atoms with Gasteiger partial charge in [-0.2, -0.15) is 43.9 Å². The molecule has 32 heavy (non-hydrogen) atoms. The van der Waals surface area contributed by atoms with E-state index in [0.29, 0.717) is 4.13 Å². The largest absolute Gasteiger partial charge is 0.467 e. The molecular weight excluding hydrogens is 514 g/mol. The Hall–Kier alpha value is -0.880. The molecule has 0 amide bonds. The number of halogens is 10. The number of unbranched alkanes of at least 4 members (excludes halogenated alkanes) is 2. The van der Waals surface area contributed by atoms with Crippen LogP contribution in [0.3, 0.4) is 0 Å². The summed E-state index contributed by atoms with van der Waals surface area (Å²) in [7, 11) is -12.8. The van der Waals surface area contributed by atoms with Crippen LogP contribution in [0.15, 0.2) is 0 Å². The van der Waals surface area contributed by atoms with Gasteiger partial charge >= 0.3 is 22.9 Å². The summed E-state index contributed by atoms with van der Waals surface area (Å²) in [5, 5.41) is -14.0. The highest BCUT2D eigenvalue weighted by atomic mass is 32.3. The average Bonchev–Trinajstić information content (AvgIpc) is 2.99. The van der Waals surface area contributed by atoms with Crippen LogP contribution in [0.4, 0.5) is 43.9 Å². The van der Waals surface area contributed by atoms with Gasteiger partial charge in [0.15, 0.2) is 20.0 Å². The number of likely N-dealkylation sites (tertiary alicyclic amines) is 1. The van der Waals surface area contributed by atoms with Crippen LogP contribution in [-0.2, 0) is 20.0 Å². The van der Waals surface area contributed by atoms with E-state index in [1.807, 2.05) is 0 Å². The quantitative estimate of drug-likeness (QED) is 0.255. The first-order chi connectivity index (χ1) is 14.0. The molecule has 0 aliphatic carbocycles. The van der Waals surface area contributed by atoms with E-state index < -0.39 is 42.9 Å². The molecule has 0 N–H and O–H groups in total. The van der Waals surface area contributed by atoms with E-state index in [4.69, 9.17) is 0 Å². The minimum Gasteiger partial charge on any atom is -0.425 e. The molecule has 1 aliphatic heterocycles. The van der Waals surface area contributed by atoms with Gasteiger partial charge in [-0.1, -0.05) is 13.3 Å². The minimum absolute atomic E-state index is 0.422. The number of hydrogen-bond acceptors (Lipinski definition) is 4. The second-order valence-corrected chi connectivity index (χ2v) is 10.8. The molecule has 0 aromatic heterocycles. The second kappa shape index (κ2) is 10.2. The molecule has 1 fully saturated rings. The van der Waals surface area contributed by atoms with Crippen LogP contribution in [0.25, 0.3) is 4.13 Å². The van der Waals surface area contributed by atoms with Crippen molar-refractivity contribution in [2.24, 2.45) is 0 Å². The van der Waals surface area contributed by atoms with Gasteiger partial charge in [-0.3, -0.25) is 0 Å². The Morgan fingerprint density at radius 1 is 0.719 bits per heavy atom. The summed E-state index contributed by atoms with van der Waals surface area (Å²) in [6.07, 6.45) is -6.86. The highest BCUT2D eigenvalue weighted by molar-refractivity contribution is 8.13. The highest BCUT2D eigenvalue weighted by Crippen LogP contribution is 2.47. The smallest absolute Gasteiger partial charge is 0.425 e. The Morgan fingerprint density at radius 3 is 1.34 bits per heavy atom. The third-order valence-electron chi connectivity index (χ3n) is 4.45. The van der Waals surface area contributed by atoms with Crippen LogP contribution >= 0.6 is 0 Å². The molecule has 0 bridgehead atoms. The molecule has 0 radical (unpaired) electrons. The van der Waals surface area contributed by atoms with Crippen LogP contribution in [0.1, 0.15) is 39.0 Å². The van der Waals surface area contributed by atoms with Crippen molar-refractivity contribution in [3.63, 3.8) is 0 Å². The number of alkyl halides is 10. The van der Waals surface area contributed by atoms with Crippen LogP contribution in [-0.4, -0.2) is 70.9 Å². The van der Waals surface area contributed by atoms with Crippen molar-refractivity contribution in [2.45, 2.75) is 61.9 Å². The van der Waals surface area contributed by atoms with Gasteiger partial charge < -0.3 is 8.61 Å². The SMILES string of the molecule is CCCCC[N+]1(C)CCCC1.O=S(=O)([N-]S(=O)(=O)C(F)(F)C(F)(F)F)C(F)(F)C(F)(F)F. The van der Waals surface area contributed by atoms with E-state index >= 15 is 0 Å². The summed E-state index contributed by atoms with van der Waals surface area (Å²) in [6, 6.07) is 0. The zero-order chi connectivity index (χ0) is 25.9. The van der Waals surface area contributed by atoms with Gasteiger partial charge in [0.1, 0.15) is 0 Å². The first kappa shape index (κ1) is 31.1. The predicted molar refractivity (Wildman–Crippen MR) is 92.7 cm³/mol. The summed E-state index contributed by atoms with van der Waals surface area (Å²) < 4.78 is 162. The maximum Gasteiger partial charge on any atom is 0.467 e. The van der Waals surface area contributed by atoms with E-state index in [1.165, 1.54) is 56.2 Å². The minimum atomic E-state index is -7.62. The molecule has 0 aromatic rings. The maximum atomic E-state index is 12.3. The molecule has 0 spiro atoms. The van der Waals surface area contributed by atoms with Gasteiger partial charge in [-0.25, -0.2) is 16.8 Å². The van der Waals surface area contributed by atoms with Gasteiger partial charge in [0.25, 0.3) is 0 Å². The van der Waals surface area contributed by atoms with Gasteiger partial charge in [-0.15, -0.1) is 0 Å². The average molecular weight is 536 g/mol. The number of quaternary nitrogens is 1. The molecule has 1 heterocycles. The zero-order valence-electron chi connectivity index (χ0n) is 16.8. The molecule has 1 aliphatic rings. The summed E-state index contributed by atoms with van der Waals surface area (Å²) in [5.41, 5.74) is 0. The van der Waals surface area contributed by atoms with E-state index in [0.717, 1.165) is 0 Å². The fourth-order valence-electron chi connectivity index (χ4n) is 2.58. The number of nitrogens with zero attached hydrogens (tertiary/aromatic N) is 2. The summed E-state index contributed by atoms with van der Waals surface area (Å²) in [4.78, 5) is 0. The summed E-state index contributed by atoms with van der Waals surface area (Å²) in [6.45, 7) is 6.57. The maximum absolute atomic E-state index is 12.3. The van der Waals surface area contributed by atoms with Crippen LogP contribution in [0.2, 0.25) is 0 Å². The molecule has 0 unspecified atom stereocenters. The topological polar surface area (TPSA) is 82.4 Å². The van der Waals surface area contributed by atoms with E-state index in [1.54, 1.807) is 0 Å². The number of sulfonamides is 2. The molecule has 6 nitrogen and oxygen atoms in total. The Kier molecular flexibility index (Phi) is 9.89. The zero-order valence-corrected chi connectivity index (χ0v) is 18.4. The lowest BCUT2D eigenvalue weighted by Crippen LogP contribution is -2.48. The Labute approximate surface area is 178 Å². The Bertz CT molecular complexity index is 763. The van der Waals surface area contributed by atoms with Gasteiger partial charge in [0, 0.05) is 12.8 Å². The van der Waals surface area contributed by atoms with Crippen LogP contribution in [0, 0.1) is 0 Å². The molecule has 18 heteroatoms. The molecule has 0 aromatic carbocycles. The summed E-state index contributed by atoms with van der Waals surface area (Å²) >= 11 is 0. The Morgan fingerprint density at radius 2 is 1.06 bits per heavy atom. The number of hydrogen-bond donors (Lipinski definition) is 0. The lowest BCUT2D eigenvalue weighted by Gasteiger charge is -2.31. The van der Waals surface area contributed by atoms with E-state index in [9.17, 15) is 60.7 Å².